The van der Waals surface area contributed by atoms with Crippen molar-refractivity contribution in [3.05, 3.63) is 38.7 Å². The number of aryl methyl sites for hydroxylation is 1. The second-order valence-corrected chi connectivity index (χ2v) is 10.2. The molecule has 4 rings (SSSR count). The number of thiazole rings is 1. The second-order valence-electron chi connectivity index (χ2n) is 8.46. The van der Waals surface area contributed by atoms with Gasteiger partial charge in [0.1, 0.15) is 16.3 Å². The summed E-state index contributed by atoms with van der Waals surface area (Å²) in [4.78, 5) is 38.9. The Morgan fingerprint density at radius 2 is 2.14 bits per heavy atom. The maximum atomic E-state index is 12.8. The van der Waals surface area contributed by atoms with Crippen LogP contribution in [-0.4, -0.2) is 69.4 Å². The van der Waals surface area contributed by atoms with Crippen LogP contribution >= 0.6 is 34.5 Å². The van der Waals surface area contributed by atoms with Crippen LogP contribution in [0.1, 0.15) is 39.2 Å². The molecular weight excluding hydrogens is 515 g/mol. The van der Waals surface area contributed by atoms with Crippen molar-refractivity contribution in [1.29, 1.82) is 0 Å². The third kappa shape index (κ3) is 5.18. The van der Waals surface area contributed by atoms with Gasteiger partial charge in [0.25, 0.3) is 5.91 Å². The summed E-state index contributed by atoms with van der Waals surface area (Å²) in [5.41, 5.74) is 1.24. The second kappa shape index (κ2) is 10.6. The fourth-order valence-electron chi connectivity index (χ4n) is 4.14. The van der Waals surface area contributed by atoms with Gasteiger partial charge in [0.15, 0.2) is 11.0 Å². The molecule has 3 aromatic rings. The standard InChI is InChI=1S/C22H26Cl2N6O4S/c1-11-10-30(6-4-13(11)27-20(31)16-15(24)14(23)12(2)26-16)22-28-17(18(35-22)21(32)33)19-25-5-7-29(19)8-9-34-3/h5,7,11,13,26H,4,6,8-10H2,1-3H3,(H,27,31)(H,32,33)/t11-,13+/m0/s1. The van der Waals surface area contributed by atoms with Gasteiger partial charge in [-0.1, -0.05) is 41.5 Å². The van der Waals surface area contributed by atoms with E-state index in [1.807, 2.05) is 11.5 Å². The Hall–Kier alpha value is -2.60. The van der Waals surface area contributed by atoms with Crippen LogP contribution in [0.25, 0.3) is 11.5 Å². The van der Waals surface area contributed by atoms with Crippen LogP contribution in [0.15, 0.2) is 12.4 Å². The average Bonchev–Trinajstić information content (AvgIpc) is 3.53. The molecule has 1 fully saturated rings. The number of aromatic nitrogens is 4. The number of carboxylic acids is 1. The van der Waals surface area contributed by atoms with Crippen molar-refractivity contribution in [3.63, 3.8) is 0 Å². The number of piperidine rings is 1. The number of carbonyl (C=O) groups is 2. The SMILES string of the molecule is COCCn1ccnc1-c1nc(N2CC[C@@H](NC(=O)c3[nH]c(C)c(Cl)c3Cl)[C@@H](C)C2)sc1C(=O)O. The van der Waals surface area contributed by atoms with E-state index in [0.29, 0.717) is 60.0 Å². The number of anilines is 1. The number of ether oxygens (including phenoxy) is 1. The van der Waals surface area contributed by atoms with Gasteiger partial charge in [-0.25, -0.2) is 14.8 Å². The Balaban J connectivity index is 1.49. The number of carboxylic acid groups (broad SMARTS) is 1. The van der Waals surface area contributed by atoms with E-state index in [1.165, 1.54) is 0 Å². The topological polar surface area (TPSA) is 125 Å². The van der Waals surface area contributed by atoms with Crippen molar-refractivity contribution >= 4 is 51.5 Å². The molecule has 3 aromatic heterocycles. The van der Waals surface area contributed by atoms with E-state index in [4.69, 9.17) is 27.9 Å². The van der Waals surface area contributed by atoms with E-state index in [1.54, 1.807) is 26.4 Å². The van der Waals surface area contributed by atoms with Crippen LogP contribution in [0.3, 0.4) is 0 Å². The third-order valence-corrected chi connectivity index (χ3v) is 8.10. The van der Waals surface area contributed by atoms with E-state index < -0.39 is 5.97 Å². The number of carbonyl (C=O) groups excluding carboxylic acids is 1. The Morgan fingerprint density at radius 1 is 1.37 bits per heavy atom. The first-order valence-electron chi connectivity index (χ1n) is 11.0. The number of aromatic amines is 1. The summed E-state index contributed by atoms with van der Waals surface area (Å²) in [5.74, 6) is -0.767. The zero-order valence-electron chi connectivity index (χ0n) is 19.5. The van der Waals surface area contributed by atoms with Crippen LogP contribution in [-0.2, 0) is 11.3 Å². The number of aromatic carboxylic acids is 1. The number of H-pyrrole nitrogens is 1. The van der Waals surface area contributed by atoms with Gasteiger partial charge in [-0.05, 0) is 19.3 Å². The Morgan fingerprint density at radius 3 is 2.77 bits per heavy atom. The number of nitrogens with zero attached hydrogens (tertiary/aromatic N) is 4. The number of methoxy groups -OCH3 is 1. The minimum absolute atomic E-state index is 0.0801. The maximum Gasteiger partial charge on any atom is 0.348 e. The lowest BCUT2D eigenvalue weighted by Crippen LogP contribution is -2.50. The molecule has 35 heavy (non-hydrogen) atoms. The molecule has 1 aliphatic rings. The quantitative estimate of drug-likeness (QED) is 0.395. The Kier molecular flexibility index (Phi) is 7.70. The molecule has 3 N–H and O–H groups in total. The van der Waals surface area contributed by atoms with Gasteiger partial charge in [0.05, 0.1) is 16.7 Å². The molecule has 0 aromatic carbocycles. The first-order chi connectivity index (χ1) is 16.7. The minimum atomic E-state index is -1.04. The predicted molar refractivity (Wildman–Crippen MR) is 135 cm³/mol. The Bertz CT molecular complexity index is 1240. The molecule has 0 unspecified atom stereocenters. The number of amides is 1. The highest BCUT2D eigenvalue weighted by molar-refractivity contribution is 7.17. The summed E-state index contributed by atoms with van der Waals surface area (Å²) in [6.45, 7) is 6.01. The van der Waals surface area contributed by atoms with E-state index in [-0.39, 0.29) is 33.5 Å². The maximum absolute atomic E-state index is 12.8. The molecule has 2 atom stereocenters. The van der Waals surface area contributed by atoms with Crippen molar-refractivity contribution < 1.29 is 19.4 Å². The highest BCUT2D eigenvalue weighted by atomic mass is 35.5. The highest BCUT2D eigenvalue weighted by Gasteiger charge is 2.32. The molecule has 4 heterocycles. The summed E-state index contributed by atoms with van der Waals surface area (Å²) >= 11 is 13.4. The molecule has 0 aliphatic carbocycles. The summed E-state index contributed by atoms with van der Waals surface area (Å²) in [6.07, 6.45) is 4.06. The number of hydrogen-bond acceptors (Lipinski definition) is 7. The van der Waals surface area contributed by atoms with E-state index in [0.717, 1.165) is 11.3 Å². The van der Waals surface area contributed by atoms with Gasteiger partial charge in [-0.2, -0.15) is 0 Å². The zero-order valence-corrected chi connectivity index (χ0v) is 21.8. The van der Waals surface area contributed by atoms with E-state index >= 15 is 0 Å². The summed E-state index contributed by atoms with van der Waals surface area (Å²) in [7, 11) is 1.61. The summed E-state index contributed by atoms with van der Waals surface area (Å²) in [6, 6.07) is -0.0801. The molecule has 10 nitrogen and oxygen atoms in total. The van der Waals surface area contributed by atoms with Gasteiger partial charge in [-0.15, -0.1) is 0 Å². The van der Waals surface area contributed by atoms with Crippen molar-refractivity contribution in [2.45, 2.75) is 32.9 Å². The molecule has 0 saturated carbocycles. The summed E-state index contributed by atoms with van der Waals surface area (Å²) < 4.78 is 6.97. The lowest BCUT2D eigenvalue weighted by molar-refractivity contribution is 0.0702. The molecule has 0 spiro atoms. The normalized spacial score (nSPS) is 18.1. The fraction of sp³-hybridized carbons (Fsp3) is 0.455. The number of imidazole rings is 1. The number of hydrogen-bond donors (Lipinski definition) is 3. The smallest absolute Gasteiger partial charge is 0.348 e. The molecule has 1 amide bonds. The average molecular weight is 541 g/mol. The lowest BCUT2D eigenvalue weighted by Gasteiger charge is -2.37. The Labute approximate surface area is 216 Å². The number of rotatable bonds is 8. The molecular formula is C22H26Cl2N6O4S. The first kappa shape index (κ1) is 25.5. The van der Waals surface area contributed by atoms with Crippen molar-refractivity contribution in [2.75, 3.05) is 31.7 Å². The third-order valence-electron chi connectivity index (χ3n) is 6.05. The molecule has 0 radical (unpaired) electrons. The number of nitrogens with one attached hydrogen (secondary N) is 2. The minimum Gasteiger partial charge on any atom is -0.477 e. The predicted octanol–water partition coefficient (Wildman–Crippen LogP) is 3.94. The van der Waals surface area contributed by atoms with Crippen LogP contribution in [0, 0.1) is 12.8 Å². The highest BCUT2D eigenvalue weighted by Crippen LogP contribution is 2.35. The van der Waals surface area contributed by atoms with Gasteiger partial charge < -0.3 is 29.6 Å². The molecule has 0 bridgehead atoms. The van der Waals surface area contributed by atoms with Gasteiger partial charge in [0.2, 0.25) is 0 Å². The summed E-state index contributed by atoms with van der Waals surface area (Å²) in [5, 5.41) is 14.0. The molecule has 188 valence electrons. The zero-order chi connectivity index (χ0) is 25.3. The first-order valence-corrected chi connectivity index (χ1v) is 12.6. The number of halogens is 2. The largest absolute Gasteiger partial charge is 0.477 e. The van der Waals surface area contributed by atoms with Crippen LogP contribution in [0.5, 0.6) is 0 Å². The lowest BCUT2D eigenvalue weighted by atomic mass is 9.94. The van der Waals surface area contributed by atoms with Crippen LogP contribution < -0.4 is 10.2 Å². The van der Waals surface area contributed by atoms with Crippen molar-refractivity contribution in [2.24, 2.45) is 5.92 Å². The van der Waals surface area contributed by atoms with Gasteiger partial charge in [0, 0.05) is 50.9 Å². The van der Waals surface area contributed by atoms with Crippen LogP contribution in [0.2, 0.25) is 10.0 Å². The van der Waals surface area contributed by atoms with Crippen molar-refractivity contribution in [3.8, 4) is 11.5 Å². The molecule has 13 heteroatoms. The van der Waals surface area contributed by atoms with E-state index in [2.05, 4.69) is 25.2 Å². The fourth-order valence-corrected chi connectivity index (χ4v) is 5.49. The van der Waals surface area contributed by atoms with Gasteiger partial charge >= 0.3 is 5.97 Å². The van der Waals surface area contributed by atoms with Gasteiger partial charge in [-0.3, -0.25) is 4.79 Å². The van der Waals surface area contributed by atoms with Crippen LogP contribution in [0.4, 0.5) is 5.13 Å². The van der Waals surface area contributed by atoms with Crippen molar-refractivity contribution in [1.82, 2.24) is 24.8 Å². The monoisotopic (exact) mass is 540 g/mol. The molecule has 1 saturated heterocycles. The van der Waals surface area contributed by atoms with E-state index in [9.17, 15) is 14.7 Å². The molecule has 1 aliphatic heterocycles.